The average molecular weight is 303 g/mol. The molecule has 3 N–H and O–H groups in total. The first-order chi connectivity index (χ1) is 10.5. The number of hydrogen-bond acceptors (Lipinski definition) is 5. The Hall–Kier alpha value is -3.23. The minimum atomic E-state index is -0.536. The fraction of sp³-hybridized carbons (Fsp3) is 0.154. The molecular formula is C13H13N5O4. The minimum absolute atomic E-state index is 0.113. The summed E-state index contributed by atoms with van der Waals surface area (Å²) in [6, 6.07) is 6.01. The van der Waals surface area contributed by atoms with Gasteiger partial charge >= 0.3 is 0 Å². The predicted molar refractivity (Wildman–Crippen MR) is 78.7 cm³/mol. The molecule has 1 aromatic heterocycles. The molecule has 0 radical (unpaired) electrons. The maximum Gasteiger partial charge on any atom is 0.278 e. The molecule has 0 aliphatic rings. The number of rotatable bonds is 5. The molecule has 0 aliphatic heterocycles. The number of aromatic nitrogens is 2. The van der Waals surface area contributed by atoms with Crippen LogP contribution in [0.15, 0.2) is 34.2 Å². The normalized spacial score (nSPS) is 10.8. The van der Waals surface area contributed by atoms with Crippen molar-refractivity contribution >= 4 is 17.8 Å². The SMILES string of the molecule is Cc1[nH][nH]c(=O)c1CC(=O)N/N=C\c1ccccc1[N+](=O)[O-]. The van der Waals surface area contributed by atoms with Crippen molar-refractivity contribution in [1.82, 2.24) is 15.6 Å². The quantitative estimate of drug-likeness (QED) is 0.424. The van der Waals surface area contributed by atoms with E-state index >= 15 is 0 Å². The number of hydrazone groups is 1. The van der Waals surface area contributed by atoms with E-state index in [2.05, 4.69) is 20.7 Å². The highest BCUT2D eigenvalue weighted by atomic mass is 16.6. The Labute approximate surface area is 124 Å². The zero-order chi connectivity index (χ0) is 16.1. The van der Waals surface area contributed by atoms with Crippen molar-refractivity contribution in [2.45, 2.75) is 13.3 Å². The van der Waals surface area contributed by atoms with Crippen LogP contribution in [0.3, 0.4) is 0 Å². The number of benzene rings is 1. The first kappa shape index (κ1) is 15.2. The van der Waals surface area contributed by atoms with E-state index in [1.807, 2.05) is 0 Å². The highest BCUT2D eigenvalue weighted by Gasteiger charge is 2.12. The highest BCUT2D eigenvalue weighted by Crippen LogP contribution is 2.14. The summed E-state index contributed by atoms with van der Waals surface area (Å²) < 4.78 is 0. The molecule has 114 valence electrons. The van der Waals surface area contributed by atoms with Gasteiger partial charge in [0.15, 0.2) is 0 Å². The van der Waals surface area contributed by atoms with Crippen LogP contribution in [-0.2, 0) is 11.2 Å². The monoisotopic (exact) mass is 303 g/mol. The fourth-order valence-electron chi connectivity index (χ4n) is 1.82. The van der Waals surface area contributed by atoms with Gasteiger partial charge in [-0.25, -0.2) is 5.43 Å². The van der Waals surface area contributed by atoms with Crippen LogP contribution < -0.4 is 11.0 Å². The molecule has 2 aromatic rings. The second kappa shape index (κ2) is 6.48. The number of carbonyl (C=O) groups is 1. The van der Waals surface area contributed by atoms with Gasteiger partial charge in [0.2, 0.25) is 5.91 Å². The maximum atomic E-state index is 11.7. The van der Waals surface area contributed by atoms with E-state index in [0.717, 1.165) is 0 Å². The highest BCUT2D eigenvalue weighted by molar-refractivity contribution is 5.86. The van der Waals surface area contributed by atoms with Crippen LogP contribution in [0, 0.1) is 17.0 Å². The molecule has 0 bridgehead atoms. The van der Waals surface area contributed by atoms with Crippen LogP contribution in [0.25, 0.3) is 0 Å². The Morgan fingerprint density at radius 3 is 2.77 bits per heavy atom. The van der Waals surface area contributed by atoms with Crippen LogP contribution in [-0.4, -0.2) is 27.2 Å². The first-order valence-corrected chi connectivity index (χ1v) is 6.30. The number of nitrogens with zero attached hydrogens (tertiary/aromatic N) is 2. The molecule has 0 spiro atoms. The Balaban J connectivity index is 2.03. The summed E-state index contributed by atoms with van der Waals surface area (Å²) in [7, 11) is 0. The van der Waals surface area contributed by atoms with Gasteiger partial charge in [0.25, 0.3) is 11.2 Å². The topological polar surface area (TPSA) is 133 Å². The number of carbonyl (C=O) groups excluding carboxylic acids is 1. The zero-order valence-electron chi connectivity index (χ0n) is 11.6. The number of nitro groups is 1. The standard InChI is InChI=1S/C13H13N5O4/c1-8-10(13(20)17-15-8)6-12(19)16-14-7-9-4-2-3-5-11(9)18(21)22/h2-5,7H,6H2,1H3,(H,16,19)(H2,15,17,20)/b14-7-. The second-order valence-electron chi connectivity index (χ2n) is 4.47. The van der Waals surface area contributed by atoms with E-state index in [0.29, 0.717) is 11.3 Å². The summed E-state index contributed by atoms with van der Waals surface area (Å²) in [5, 5.41) is 19.5. The molecule has 9 nitrogen and oxygen atoms in total. The fourth-order valence-corrected chi connectivity index (χ4v) is 1.82. The molecule has 22 heavy (non-hydrogen) atoms. The third-order valence-electron chi connectivity index (χ3n) is 2.95. The van der Waals surface area contributed by atoms with Crippen LogP contribution in [0.2, 0.25) is 0 Å². The number of amides is 1. The largest absolute Gasteiger partial charge is 0.302 e. The number of H-pyrrole nitrogens is 2. The number of hydrogen-bond donors (Lipinski definition) is 3. The Bertz CT molecular complexity index is 790. The molecule has 9 heteroatoms. The van der Waals surface area contributed by atoms with Gasteiger partial charge in [0, 0.05) is 17.3 Å². The summed E-state index contributed by atoms with van der Waals surface area (Å²) in [6.07, 6.45) is 1.04. The lowest BCUT2D eigenvalue weighted by Gasteiger charge is -1.99. The van der Waals surface area contributed by atoms with Crippen molar-refractivity contribution in [2.75, 3.05) is 0 Å². The number of aryl methyl sites for hydroxylation is 1. The molecule has 1 amide bonds. The smallest absolute Gasteiger partial charge is 0.278 e. The van der Waals surface area contributed by atoms with Crippen molar-refractivity contribution in [3.8, 4) is 0 Å². The molecule has 0 aliphatic carbocycles. The lowest BCUT2D eigenvalue weighted by atomic mass is 10.2. The Morgan fingerprint density at radius 1 is 1.41 bits per heavy atom. The molecule has 1 aromatic carbocycles. The Kier molecular flexibility index (Phi) is 4.47. The van der Waals surface area contributed by atoms with Crippen LogP contribution >= 0.6 is 0 Å². The lowest BCUT2D eigenvalue weighted by Crippen LogP contribution is -2.23. The van der Waals surface area contributed by atoms with Crippen molar-refractivity contribution in [3.63, 3.8) is 0 Å². The summed E-state index contributed by atoms with van der Waals surface area (Å²) >= 11 is 0. The van der Waals surface area contributed by atoms with Gasteiger partial charge in [0.05, 0.1) is 23.1 Å². The number of nitrogens with one attached hydrogen (secondary N) is 3. The summed E-state index contributed by atoms with van der Waals surface area (Å²) in [5.41, 5.74) is 2.91. The lowest BCUT2D eigenvalue weighted by molar-refractivity contribution is -0.385. The molecule has 1 heterocycles. The number of nitro benzene ring substituents is 1. The van der Waals surface area contributed by atoms with Gasteiger partial charge in [-0.3, -0.25) is 24.8 Å². The van der Waals surface area contributed by atoms with Gasteiger partial charge in [-0.2, -0.15) is 5.10 Å². The number of aromatic amines is 2. The van der Waals surface area contributed by atoms with E-state index in [4.69, 9.17) is 0 Å². The third-order valence-corrected chi connectivity index (χ3v) is 2.95. The van der Waals surface area contributed by atoms with Crippen LogP contribution in [0.4, 0.5) is 5.69 Å². The van der Waals surface area contributed by atoms with Gasteiger partial charge in [-0.15, -0.1) is 0 Å². The van der Waals surface area contributed by atoms with Gasteiger partial charge in [-0.1, -0.05) is 12.1 Å². The Morgan fingerprint density at radius 2 is 2.14 bits per heavy atom. The van der Waals surface area contributed by atoms with Gasteiger partial charge < -0.3 is 5.10 Å². The van der Waals surface area contributed by atoms with Gasteiger partial charge in [-0.05, 0) is 13.0 Å². The van der Waals surface area contributed by atoms with E-state index in [1.54, 1.807) is 13.0 Å². The van der Waals surface area contributed by atoms with Gasteiger partial charge in [0.1, 0.15) is 0 Å². The van der Waals surface area contributed by atoms with Crippen LogP contribution in [0.1, 0.15) is 16.8 Å². The van der Waals surface area contributed by atoms with Crippen molar-refractivity contribution in [2.24, 2.45) is 5.10 Å². The third kappa shape index (κ3) is 3.45. The molecule has 0 saturated heterocycles. The summed E-state index contributed by atoms with van der Waals surface area (Å²) in [6.45, 7) is 1.66. The average Bonchev–Trinajstić information content (AvgIpc) is 2.79. The number of para-hydroxylation sites is 1. The summed E-state index contributed by atoms with van der Waals surface area (Å²) in [4.78, 5) is 33.4. The van der Waals surface area contributed by atoms with Crippen molar-refractivity contribution in [3.05, 3.63) is 61.6 Å². The molecule has 2 rings (SSSR count). The molecule has 0 atom stereocenters. The zero-order valence-corrected chi connectivity index (χ0v) is 11.6. The molecule has 0 unspecified atom stereocenters. The van der Waals surface area contributed by atoms with Crippen LogP contribution in [0.5, 0.6) is 0 Å². The van der Waals surface area contributed by atoms with Crippen molar-refractivity contribution < 1.29 is 9.72 Å². The molecule has 0 fully saturated rings. The minimum Gasteiger partial charge on any atom is -0.302 e. The summed E-state index contributed by atoms with van der Waals surface area (Å²) in [5.74, 6) is -0.497. The van der Waals surface area contributed by atoms with E-state index < -0.39 is 10.8 Å². The van der Waals surface area contributed by atoms with Crippen molar-refractivity contribution in [1.29, 1.82) is 0 Å². The molecule has 0 saturated carbocycles. The van der Waals surface area contributed by atoms with E-state index in [9.17, 15) is 19.7 Å². The van der Waals surface area contributed by atoms with E-state index in [-0.39, 0.29) is 23.2 Å². The molecular weight excluding hydrogens is 290 g/mol. The maximum absolute atomic E-state index is 11.7. The second-order valence-corrected chi connectivity index (χ2v) is 4.47. The predicted octanol–water partition coefficient (Wildman–Crippen LogP) is 0.612. The first-order valence-electron chi connectivity index (χ1n) is 6.30. The van der Waals surface area contributed by atoms with E-state index in [1.165, 1.54) is 24.4 Å².